The average Bonchev–Trinajstić information content (AvgIpc) is 2.42. The Labute approximate surface area is 102 Å². The van der Waals surface area contributed by atoms with Crippen molar-refractivity contribution in [2.75, 3.05) is 7.11 Å². The third-order valence-corrected chi connectivity index (χ3v) is 3.71. The van der Waals surface area contributed by atoms with E-state index in [0.29, 0.717) is 0 Å². The molecule has 1 fully saturated rings. The van der Waals surface area contributed by atoms with Gasteiger partial charge in [-0.2, -0.15) is 0 Å². The fourth-order valence-corrected chi connectivity index (χ4v) is 2.77. The molecule has 0 radical (unpaired) electrons. The van der Waals surface area contributed by atoms with Crippen LogP contribution in [0.15, 0.2) is 18.7 Å². The van der Waals surface area contributed by atoms with Crippen LogP contribution < -0.4 is 11.3 Å². The minimum atomic E-state index is -0.224. The molecule has 1 aromatic rings. The molecule has 0 saturated heterocycles. The number of rotatable bonds is 4. The lowest BCUT2D eigenvalue weighted by molar-refractivity contribution is -0.0690. The van der Waals surface area contributed by atoms with Crippen molar-refractivity contribution < 1.29 is 4.74 Å². The van der Waals surface area contributed by atoms with E-state index in [4.69, 9.17) is 10.6 Å². The molecule has 0 amide bonds. The van der Waals surface area contributed by atoms with Crippen molar-refractivity contribution in [3.8, 4) is 0 Å². The van der Waals surface area contributed by atoms with Crippen LogP contribution in [-0.4, -0.2) is 22.7 Å². The number of hydrogen-bond donors (Lipinski definition) is 2. The molecule has 0 bridgehead atoms. The average molecular weight is 236 g/mol. The van der Waals surface area contributed by atoms with Crippen LogP contribution in [0.3, 0.4) is 0 Å². The largest absolute Gasteiger partial charge is 0.376 e. The lowest BCUT2D eigenvalue weighted by atomic mass is 9.77. The van der Waals surface area contributed by atoms with E-state index in [1.807, 2.05) is 0 Å². The van der Waals surface area contributed by atoms with E-state index in [-0.39, 0.29) is 11.6 Å². The van der Waals surface area contributed by atoms with Gasteiger partial charge in [0.25, 0.3) is 0 Å². The summed E-state index contributed by atoms with van der Waals surface area (Å²) in [6.45, 7) is 0. The molecule has 17 heavy (non-hydrogen) atoms. The second kappa shape index (κ2) is 5.53. The first-order valence-electron chi connectivity index (χ1n) is 6.08. The maximum atomic E-state index is 5.79. The number of hydrogen-bond acceptors (Lipinski definition) is 5. The van der Waals surface area contributed by atoms with Crippen molar-refractivity contribution in [2.24, 2.45) is 5.84 Å². The van der Waals surface area contributed by atoms with E-state index in [1.54, 1.807) is 19.5 Å². The van der Waals surface area contributed by atoms with Gasteiger partial charge in [-0.25, -0.2) is 15.4 Å². The summed E-state index contributed by atoms with van der Waals surface area (Å²) in [5.74, 6) is 5.71. The molecule has 0 aliphatic heterocycles. The number of methoxy groups -OCH3 is 1. The van der Waals surface area contributed by atoms with Crippen LogP contribution in [0.4, 0.5) is 0 Å². The van der Waals surface area contributed by atoms with Crippen LogP contribution >= 0.6 is 0 Å². The molecule has 2 rings (SSSR count). The Hall–Kier alpha value is -1.04. The Balaban J connectivity index is 2.26. The van der Waals surface area contributed by atoms with Crippen molar-refractivity contribution >= 4 is 0 Å². The van der Waals surface area contributed by atoms with Gasteiger partial charge in [-0.1, -0.05) is 19.3 Å². The summed E-state index contributed by atoms with van der Waals surface area (Å²) in [7, 11) is 1.76. The van der Waals surface area contributed by atoms with E-state index >= 15 is 0 Å². The summed E-state index contributed by atoms with van der Waals surface area (Å²) in [4.78, 5) is 8.10. The lowest BCUT2D eigenvalue weighted by Crippen LogP contribution is -2.49. The van der Waals surface area contributed by atoms with Gasteiger partial charge in [0, 0.05) is 25.1 Å². The highest BCUT2D eigenvalue weighted by atomic mass is 16.5. The quantitative estimate of drug-likeness (QED) is 0.609. The van der Waals surface area contributed by atoms with Crippen molar-refractivity contribution in [3.05, 3.63) is 24.3 Å². The van der Waals surface area contributed by atoms with Crippen molar-refractivity contribution in [3.63, 3.8) is 0 Å². The lowest BCUT2D eigenvalue weighted by Gasteiger charge is -2.42. The van der Waals surface area contributed by atoms with Gasteiger partial charge in [-0.3, -0.25) is 5.84 Å². The molecular weight excluding hydrogens is 216 g/mol. The van der Waals surface area contributed by atoms with Crippen LogP contribution in [-0.2, 0) is 4.74 Å². The van der Waals surface area contributed by atoms with Crippen LogP contribution in [0.1, 0.15) is 43.7 Å². The third kappa shape index (κ3) is 2.46. The molecule has 5 nitrogen and oxygen atoms in total. The zero-order valence-electron chi connectivity index (χ0n) is 10.2. The Morgan fingerprint density at radius 1 is 1.29 bits per heavy atom. The maximum absolute atomic E-state index is 5.79. The zero-order valence-corrected chi connectivity index (χ0v) is 10.2. The summed E-state index contributed by atoms with van der Waals surface area (Å²) in [5, 5.41) is 0. The van der Waals surface area contributed by atoms with Crippen LogP contribution in [0.5, 0.6) is 0 Å². The van der Waals surface area contributed by atoms with E-state index < -0.39 is 0 Å². The Kier molecular flexibility index (Phi) is 4.04. The highest BCUT2D eigenvalue weighted by Crippen LogP contribution is 2.40. The highest BCUT2D eigenvalue weighted by molar-refractivity contribution is 5.15. The number of nitrogens with one attached hydrogen (secondary N) is 1. The summed E-state index contributed by atoms with van der Waals surface area (Å²) >= 11 is 0. The smallest absolute Gasteiger partial charge is 0.115 e. The molecule has 1 saturated carbocycles. The second-order valence-electron chi connectivity index (χ2n) is 4.60. The highest BCUT2D eigenvalue weighted by Gasteiger charge is 2.40. The first kappa shape index (κ1) is 12.4. The molecule has 1 unspecified atom stereocenters. The first-order valence-corrected chi connectivity index (χ1v) is 6.08. The van der Waals surface area contributed by atoms with Crippen LogP contribution in [0.2, 0.25) is 0 Å². The molecule has 5 heteroatoms. The molecule has 1 aliphatic carbocycles. The van der Waals surface area contributed by atoms with Gasteiger partial charge in [0.05, 0.1) is 11.6 Å². The molecule has 1 aliphatic rings. The summed E-state index contributed by atoms with van der Waals surface area (Å²) in [6.07, 6.45) is 10.8. The van der Waals surface area contributed by atoms with Gasteiger partial charge < -0.3 is 4.74 Å². The molecule has 1 aromatic heterocycles. The predicted octanol–water partition coefficient (Wildman–Crippen LogP) is 1.33. The Bertz CT molecular complexity index is 338. The number of nitrogens with zero attached hydrogens (tertiary/aromatic N) is 2. The van der Waals surface area contributed by atoms with Gasteiger partial charge in [-0.15, -0.1) is 0 Å². The Morgan fingerprint density at radius 2 is 1.94 bits per heavy atom. The molecule has 0 aromatic carbocycles. The minimum absolute atomic E-state index is 0.0472. The van der Waals surface area contributed by atoms with Gasteiger partial charge in [0.1, 0.15) is 6.33 Å². The minimum Gasteiger partial charge on any atom is -0.376 e. The van der Waals surface area contributed by atoms with Gasteiger partial charge in [-0.05, 0) is 12.8 Å². The molecule has 1 atom stereocenters. The second-order valence-corrected chi connectivity index (χ2v) is 4.60. The molecule has 1 heterocycles. The number of ether oxygens (including phenoxy) is 1. The topological polar surface area (TPSA) is 73.1 Å². The van der Waals surface area contributed by atoms with E-state index in [1.165, 1.54) is 25.6 Å². The van der Waals surface area contributed by atoms with E-state index in [2.05, 4.69) is 15.4 Å². The molecule has 0 spiro atoms. The van der Waals surface area contributed by atoms with E-state index in [9.17, 15) is 0 Å². The number of aromatic nitrogens is 2. The van der Waals surface area contributed by atoms with Crippen molar-refractivity contribution in [1.29, 1.82) is 0 Å². The summed E-state index contributed by atoms with van der Waals surface area (Å²) < 4.78 is 5.79. The predicted molar refractivity (Wildman–Crippen MR) is 64.9 cm³/mol. The van der Waals surface area contributed by atoms with E-state index in [0.717, 1.165) is 18.4 Å². The fourth-order valence-electron chi connectivity index (χ4n) is 2.77. The SMILES string of the molecule is COC1(C(NN)c2cncnc2)CCCCC1. The molecular formula is C12H20N4O. The summed E-state index contributed by atoms with van der Waals surface area (Å²) in [6, 6.07) is -0.0472. The number of hydrazine groups is 1. The molecule has 3 N–H and O–H groups in total. The van der Waals surface area contributed by atoms with Crippen molar-refractivity contribution in [1.82, 2.24) is 15.4 Å². The van der Waals surface area contributed by atoms with Gasteiger partial charge >= 0.3 is 0 Å². The van der Waals surface area contributed by atoms with Crippen LogP contribution in [0, 0.1) is 0 Å². The number of nitrogens with two attached hydrogens (primary N) is 1. The normalized spacial score (nSPS) is 21.1. The monoisotopic (exact) mass is 236 g/mol. The maximum Gasteiger partial charge on any atom is 0.115 e. The van der Waals surface area contributed by atoms with Gasteiger partial charge in [0.15, 0.2) is 0 Å². The first-order chi connectivity index (χ1) is 8.32. The standard InChI is InChI=1S/C12H20N4O/c1-17-12(5-3-2-4-6-12)11(16-13)10-7-14-9-15-8-10/h7-9,11,16H,2-6,13H2,1H3. The van der Waals surface area contributed by atoms with Crippen LogP contribution in [0.25, 0.3) is 0 Å². The Morgan fingerprint density at radius 3 is 2.47 bits per heavy atom. The zero-order chi connectivity index (χ0) is 12.1. The molecule has 94 valence electrons. The van der Waals surface area contributed by atoms with Gasteiger partial charge in [0.2, 0.25) is 0 Å². The third-order valence-electron chi connectivity index (χ3n) is 3.71. The van der Waals surface area contributed by atoms with Crippen molar-refractivity contribution in [2.45, 2.75) is 43.7 Å². The fraction of sp³-hybridized carbons (Fsp3) is 0.667. The summed E-state index contributed by atoms with van der Waals surface area (Å²) in [5.41, 5.74) is 3.64.